The lowest BCUT2D eigenvalue weighted by Crippen LogP contribution is -2.24. The zero-order valence-corrected chi connectivity index (χ0v) is 14.1. The van der Waals surface area contributed by atoms with Gasteiger partial charge in [0.15, 0.2) is 0 Å². The van der Waals surface area contributed by atoms with Crippen molar-refractivity contribution in [1.29, 1.82) is 0 Å². The summed E-state index contributed by atoms with van der Waals surface area (Å²) >= 11 is 0. The van der Waals surface area contributed by atoms with Crippen LogP contribution in [-0.2, 0) is 0 Å². The number of aromatic nitrogens is 2. The molecule has 2 aromatic heterocycles. The number of hydrogen-bond acceptors (Lipinski definition) is 6. The van der Waals surface area contributed by atoms with Gasteiger partial charge in [0, 0.05) is 31.7 Å². The molecule has 26 heavy (non-hydrogen) atoms. The van der Waals surface area contributed by atoms with E-state index in [1.807, 2.05) is 31.1 Å². The van der Waals surface area contributed by atoms with Gasteiger partial charge in [0.05, 0.1) is 28.0 Å². The number of carbonyl (C=O) groups is 2. The largest absolute Gasteiger partial charge is 0.384 e. The number of rotatable bonds is 2. The van der Waals surface area contributed by atoms with Crippen LogP contribution in [0.5, 0.6) is 0 Å². The van der Waals surface area contributed by atoms with Crippen molar-refractivity contribution in [1.82, 2.24) is 14.9 Å². The van der Waals surface area contributed by atoms with Crippen molar-refractivity contribution >= 4 is 34.2 Å². The van der Waals surface area contributed by atoms with E-state index >= 15 is 0 Å². The molecule has 3 heterocycles. The quantitative estimate of drug-likeness (QED) is 0.666. The van der Waals surface area contributed by atoms with Gasteiger partial charge >= 0.3 is 0 Å². The maximum atomic E-state index is 12.7. The Morgan fingerprint density at radius 1 is 1.12 bits per heavy atom. The monoisotopic (exact) mass is 349 g/mol. The molecule has 0 spiro atoms. The predicted molar refractivity (Wildman–Crippen MR) is 97.9 cm³/mol. The molecule has 1 aliphatic heterocycles. The Balaban J connectivity index is 2.09. The summed E-state index contributed by atoms with van der Waals surface area (Å²) in [6.45, 7) is 0. The third kappa shape index (κ3) is 2.08. The highest BCUT2D eigenvalue weighted by Gasteiger charge is 2.32. The van der Waals surface area contributed by atoms with Gasteiger partial charge in [0.1, 0.15) is 5.82 Å². The lowest BCUT2D eigenvalue weighted by atomic mass is 10.1. The Morgan fingerprint density at radius 3 is 2.62 bits per heavy atom. The lowest BCUT2D eigenvalue weighted by molar-refractivity contribution is 0.0880. The van der Waals surface area contributed by atoms with Crippen LogP contribution in [0.15, 0.2) is 41.3 Å². The van der Waals surface area contributed by atoms with Crippen molar-refractivity contribution in [3.8, 4) is 5.69 Å². The number of hydrogen-bond donors (Lipinski definition) is 2. The molecule has 0 unspecified atom stereocenters. The van der Waals surface area contributed by atoms with Crippen LogP contribution < -0.4 is 21.5 Å². The van der Waals surface area contributed by atoms with Gasteiger partial charge in [-0.15, -0.1) is 0 Å². The highest BCUT2D eigenvalue weighted by Crippen LogP contribution is 2.31. The number of pyridine rings is 2. The number of anilines is 2. The van der Waals surface area contributed by atoms with Crippen LogP contribution in [0.25, 0.3) is 16.6 Å². The van der Waals surface area contributed by atoms with Crippen molar-refractivity contribution in [2.75, 3.05) is 24.7 Å². The van der Waals surface area contributed by atoms with Gasteiger partial charge in [0.25, 0.3) is 17.4 Å². The first-order valence-corrected chi connectivity index (χ1v) is 7.87. The Kier molecular flexibility index (Phi) is 3.30. The van der Waals surface area contributed by atoms with Crippen LogP contribution >= 0.6 is 0 Å². The zero-order chi connectivity index (χ0) is 18.6. The van der Waals surface area contributed by atoms with E-state index in [9.17, 15) is 14.4 Å². The van der Waals surface area contributed by atoms with Gasteiger partial charge in [0.2, 0.25) is 0 Å². The molecule has 3 N–H and O–H groups in total. The van der Waals surface area contributed by atoms with Gasteiger partial charge in [-0.25, -0.2) is 0 Å². The van der Waals surface area contributed by atoms with Crippen LogP contribution in [0.4, 0.5) is 11.5 Å². The normalized spacial score (nSPS) is 13.0. The van der Waals surface area contributed by atoms with Crippen LogP contribution in [0.1, 0.15) is 20.7 Å². The number of nitrogens with two attached hydrogens (primary N) is 1. The summed E-state index contributed by atoms with van der Waals surface area (Å²) in [6, 6.07) is 8.30. The minimum atomic E-state index is -0.615. The summed E-state index contributed by atoms with van der Waals surface area (Å²) in [5, 5.41) is 2.87. The lowest BCUT2D eigenvalue weighted by Gasteiger charge is -2.18. The number of fused-ring (bicyclic) bond motifs is 2. The summed E-state index contributed by atoms with van der Waals surface area (Å²) in [6.07, 6.45) is 1.67. The van der Waals surface area contributed by atoms with Gasteiger partial charge in [-0.05, 0) is 24.3 Å². The third-order valence-electron chi connectivity index (χ3n) is 4.40. The maximum absolute atomic E-state index is 12.7. The van der Waals surface area contributed by atoms with E-state index in [-0.39, 0.29) is 16.9 Å². The van der Waals surface area contributed by atoms with Crippen molar-refractivity contribution < 1.29 is 9.59 Å². The van der Waals surface area contributed by atoms with Crippen LogP contribution in [0, 0.1) is 0 Å². The number of amides is 2. The molecule has 0 fully saturated rings. The summed E-state index contributed by atoms with van der Waals surface area (Å²) < 4.78 is 1.24. The molecule has 130 valence electrons. The first-order valence-electron chi connectivity index (χ1n) is 7.87. The van der Waals surface area contributed by atoms with Crippen LogP contribution in [-0.4, -0.2) is 35.5 Å². The second-order valence-corrected chi connectivity index (χ2v) is 6.17. The Morgan fingerprint density at radius 2 is 1.88 bits per heavy atom. The van der Waals surface area contributed by atoms with E-state index in [0.717, 1.165) is 11.8 Å². The minimum Gasteiger partial charge on any atom is -0.384 e. The minimum absolute atomic E-state index is 0.00101. The second kappa shape index (κ2) is 5.41. The molecule has 0 atom stereocenters. The number of nitrogens with one attached hydrogen (secondary N) is 1. The maximum Gasteiger partial charge on any atom is 0.262 e. The molecular weight excluding hydrogens is 334 g/mol. The van der Waals surface area contributed by atoms with Gasteiger partial charge in [-0.3, -0.25) is 29.3 Å². The Hall–Kier alpha value is -3.68. The van der Waals surface area contributed by atoms with Crippen molar-refractivity contribution in [2.45, 2.75) is 0 Å². The number of nitrogen functional groups attached to an aromatic ring is 1. The van der Waals surface area contributed by atoms with Crippen molar-refractivity contribution in [3.05, 3.63) is 58.0 Å². The summed E-state index contributed by atoms with van der Waals surface area (Å²) in [5.74, 6) is -1.29. The predicted octanol–water partition coefficient (Wildman–Crippen LogP) is 0.917. The van der Waals surface area contributed by atoms with Crippen molar-refractivity contribution in [2.24, 2.45) is 0 Å². The first kappa shape index (κ1) is 15.8. The van der Waals surface area contributed by atoms with E-state index in [1.54, 1.807) is 18.3 Å². The molecule has 8 nitrogen and oxygen atoms in total. The highest BCUT2D eigenvalue weighted by molar-refractivity contribution is 6.23. The molecule has 0 saturated carbocycles. The second-order valence-electron chi connectivity index (χ2n) is 6.17. The van der Waals surface area contributed by atoms with E-state index in [4.69, 9.17) is 5.73 Å². The molecule has 0 saturated heterocycles. The Labute approximate surface area is 147 Å². The zero-order valence-electron chi connectivity index (χ0n) is 14.1. The highest BCUT2D eigenvalue weighted by atomic mass is 16.2. The van der Waals surface area contributed by atoms with Gasteiger partial charge < -0.3 is 10.6 Å². The average Bonchev–Trinajstić information content (AvgIpc) is 2.88. The van der Waals surface area contributed by atoms with Crippen molar-refractivity contribution in [3.63, 3.8) is 0 Å². The van der Waals surface area contributed by atoms with Gasteiger partial charge in [-0.2, -0.15) is 0 Å². The summed E-state index contributed by atoms with van der Waals surface area (Å²) in [5.41, 5.74) is 7.73. The van der Waals surface area contributed by atoms with Crippen LogP contribution in [0.2, 0.25) is 0 Å². The van der Waals surface area contributed by atoms with E-state index in [1.165, 1.54) is 4.57 Å². The molecule has 1 aromatic carbocycles. The van der Waals surface area contributed by atoms with E-state index < -0.39 is 17.4 Å². The molecule has 8 heteroatoms. The Bertz CT molecular complexity index is 1160. The molecule has 2 amide bonds. The fraction of sp³-hybridized carbons (Fsp3) is 0.111. The fourth-order valence-corrected chi connectivity index (χ4v) is 3.23. The molecular formula is C18H15N5O3. The molecule has 1 aliphatic rings. The average molecular weight is 349 g/mol. The molecule has 0 aliphatic carbocycles. The summed E-state index contributed by atoms with van der Waals surface area (Å²) in [4.78, 5) is 42.9. The fourth-order valence-electron chi connectivity index (χ4n) is 3.23. The number of imide groups is 1. The standard InChI is InChI=1S/C18H15N5O3/c1-22(2)12-6-5-11(9-4-3-7-20-15(9)12)23-13(24)8-10-14(16(23)19)18(26)21-17(10)25/h3-8H,19H2,1-2H3,(H,21,25,26). The summed E-state index contributed by atoms with van der Waals surface area (Å²) in [7, 11) is 3.80. The molecule has 3 aromatic rings. The van der Waals surface area contributed by atoms with E-state index in [0.29, 0.717) is 16.6 Å². The van der Waals surface area contributed by atoms with Crippen LogP contribution in [0.3, 0.4) is 0 Å². The smallest absolute Gasteiger partial charge is 0.262 e. The number of benzene rings is 1. The molecule has 0 radical (unpaired) electrons. The first-order chi connectivity index (χ1) is 12.4. The van der Waals surface area contributed by atoms with Gasteiger partial charge in [-0.1, -0.05) is 0 Å². The topological polar surface area (TPSA) is 110 Å². The number of carbonyl (C=O) groups excluding carboxylic acids is 2. The SMILES string of the molecule is CN(C)c1ccc(-n2c(N)c3c(cc2=O)C(=O)NC3=O)c2cccnc12. The van der Waals surface area contributed by atoms with E-state index in [2.05, 4.69) is 10.3 Å². The third-order valence-corrected chi connectivity index (χ3v) is 4.40. The molecule has 4 rings (SSSR count). The number of nitrogens with zero attached hydrogens (tertiary/aromatic N) is 3. The molecule has 0 bridgehead atoms.